The molecule has 0 heterocycles. The monoisotopic (exact) mass is 245 g/mol. The summed E-state index contributed by atoms with van der Waals surface area (Å²) >= 11 is 0. The highest BCUT2D eigenvalue weighted by atomic mass is 19.1. The van der Waals surface area contributed by atoms with Crippen molar-refractivity contribution in [1.82, 2.24) is 4.90 Å². The Morgan fingerprint density at radius 1 is 1.33 bits per heavy atom. The van der Waals surface area contributed by atoms with E-state index in [2.05, 4.69) is 11.0 Å². The number of nitrogens with zero attached hydrogens (tertiary/aromatic N) is 3. The molecule has 18 heavy (non-hydrogen) atoms. The number of nitriles is 2. The van der Waals surface area contributed by atoms with Gasteiger partial charge in [0.25, 0.3) is 0 Å². The molecule has 0 radical (unpaired) electrons. The number of halogens is 1. The molecule has 0 aliphatic heterocycles. The summed E-state index contributed by atoms with van der Waals surface area (Å²) in [4.78, 5) is 2.12. The number of rotatable bonds is 5. The Balaban J connectivity index is 2.81. The molecule has 0 N–H and O–H groups in total. The topological polar surface area (TPSA) is 50.8 Å². The maximum atomic E-state index is 13.2. The zero-order valence-corrected chi connectivity index (χ0v) is 10.7. The van der Waals surface area contributed by atoms with Gasteiger partial charge in [-0.15, -0.1) is 0 Å². The van der Waals surface area contributed by atoms with Crippen LogP contribution in [0.5, 0.6) is 0 Å². The van der Waals surface area contributed by atoms with E-state index in [-0.39, 0.29) is 5.56 Å². The molecule has 0 amide bonds. The molecule has 0 aliphatic carbocycles. The zero-order chi connectivity index (χ0) is 13.5. The molecule has 1 rings (SSSR count). The quantitative estimate of drug-likeness (QED) is 0.801. The van der Waals surface area contributed by atoms with Gasteiger partial charge in [-0.3, -0.25) is 4.90 Å². The number of hydrogen-bond acceptors (Lipinski definition) is 3. The normalized spacial score (nSPS) is 10.4. The minimum Gasteiger partial charge on any atom is -0.296 e. The number of hydrogen-bond donors (Lipinski definition) is 0. The van der Waals surface area contributed by atoms with Crippen molar-refractivity contribution < 1.29 is 4.39 Å². The average molecular weight is 245 g/mol. The molecule has 0 aliphatic rings. The second-order valence-electron chi connectivity index (χ2n) is 4.40. The molecule has 0 fully saturated rings. The first kappa shape index (κ1) is 14.2. The van der Waals surface area contributed by atoms with E-state index < -0.39 is 5.82 Å². The summed E-state index contributed by atoms with van der Waals surface area (Å²) in [5, 5.41) is 17.4. The van der Waals surface area contributed by atoms with E-state index >= 15 is 0 Å². The SMILES string of the molecule is CC(C)N(CCC#N)Cc1ccc(F)c(C#N)c1. The first-order chi connectivity index (χ1) is 8.58. The molecule has 0 saturated carbocycles. The van der Waals surface area contributed by atoms with Crippen LogP contribution in [-0.2, 0) is 6.54 Å². The summed E-state index contributed by atoms with van der Waals surface area (Å²) < 4.78 is 13.2. The molecular formula is C14H16FN3. The van der Waals surface area contributed by atoms with Crippen LogP contribution in [0.4, 0.5) is 4.39 Å². The van der Waals surface area contributed by atoms with Crippen LogP contribution in [0.15, 0.2) is 18.2 Å². The predicted molar refractivity (Wildman–Crippen MR) is 66.9 cm³/mol. The second-order valence-corrected chi connectivity index (χ2v) is 4.40. The average Bonchev–Trinajstić information content (AvgIpc) is 2.36. The highest BCUT2D eigenvalue weighted by Gasteiger charge is 2.11. The van der Waals surface area contributed by atoms with Crippen molar-refractivity contribution in [3.8, 4) is 12.1 Å². The van der Waals surface area contributed by atoms with Crippen LogP contribution >= 0.6 is 0 Å². The van der Waals surface area contributed by atoms with Gasteiger partial charge in [-0.25, -0.2) is 4.39 Å². The van der Waals surface area contributed by atoms with Gasteiger partial charge in [0.2, 0.25) is 0 Å². The fourth-order valence-electron chi connectivity index (χ4n) is 1.70. The van der Waals surface area contributed by atoms with Crippen LogP contribution in [0.1, 0.15) is 31.4 Å². The van der Waals surface area contributed by atoms with Crippen molar-refractivity contribution in [2.75, 3.05) is 6.54 Å². The summed E-state index contributed by atoms with van der Waals surface area (Å²) in [6, 6.07) is 8.81. The first-order valence-electron chi connectivity index (χ1n) is 5.88. The third-order valence-corrected chi connectivity index (χ3v) is 2.78. The summed E-state index contributed by atoms with van der Waals surface area (Å²) in [5.74, 6) is -0.491. The molecule has 94 valence electrons. The van der Waals surface area contributed by atoms with Gasteiger partial charge < -0.3 is 0 Å². The van der Waals surface area contributed by atoms with Crippen LogP contribution in [0.25, 0.3) is 0 Å². The fourth-order valence-corrected chi connectivity index (χ4v) is 1.70. The molecule has 0 bridgehead atoms. The largest absolute Gasteiger partial charge is 0.296 e. The lowest BCUT2D eigenvalue weighted by atomic mass is 10.1. The van der Waals surface area contributed by atoms with Gasteiger partial charge in [0.15, 0.2) is 0 Å². The Morgan fingerprint density at radius 2 is 2.06 bits per heavy atom. The fraction of sp³-hybridized carbons (Fsp3) is 0.429. The standard InChI is InChI=1S/C14H16FN3/c1-11(2)18(7-3-6-16)10-12-4-5-14(15)13(8-12)9-17/h4-5,8,11H,3,7,10H2,1-2H3. The number of benzene rings is 1. The van der Waals surface area contributed by atoms with Gasteiger partial charge in [0, 0.05) is 25.6 Å². The molecule has 0 atom stereocenters. The summed E-state index contributed by atoms with van der Waals surface area (Å²) in [6.45, 7) is 5.39. The Kier molecular flexibility index (Phi) is 5.30. The van der Waals surface area contributed by atoms with E-state index in [4.69, 9.17) is 10.5 Å². The highest BCUT2D eigenvalue weighted by Crippen LogP contribution is 2.13. The minimum absolute atomic E-state index is 0.0662. The molecule has 4 heteroatoms. The van der Waals surface area contributed by atoms with Gasteiger partial charge in [0.05, 0.1) is 11.6 Å². The molecule has 0 unspecified atom stereocenters. The van der Waals surface area contributed by atoms with Gasteiger partial charge >= 0.3 is 0 Å². The van der Waals surface area contributed by atoms with Gasteiger partial charge in [-0.2, -0.15) is 10.5 Å². The van der Waals surface area contributed by atoms with Crippen LogP contribution in [0.3, 0.4) is 0 Å². The van der Waals surface area contributed by atoms with E-state index in [1.807, 2.05) is 19.9 Å². The van der Waals surface area contributed by atoms with E-state index in [9.17, 15) is 4.39 Å². The molecule has 0 saturated heterocycles. The highest BCUT2D eigenvalue weighted by molar-refractivity contribution is 5.34. The lowest BCUT2D eigenvalue weighted by Gasteiger charge is -2.25. The molecule has 1 aromatic carbocycles. The maximum Gasteiger partial charge on any atom is 0.140 e. The zero-order valence-electron chi connectivity index (χ0n) is 10.7. The maximum absolute atomic E-state index is 13.2. The van der Waals surface area contributed by atoms with Crippen LogP contribution in [0, 0.1) is 28.5 Å². The third-order valence-electron chi connectivity index (χ3n) is 2.78. The smallest absolute Gasteiger partial charge is 0.140 e. The molecule has 3 nitrogen and oxygen atoms in total. The van der Waals surface area contributed by atoms with Gasteiger partial charge in [0.1, 0.15) is 11.9 Å². The Bertz CT molecular complexity index is 483. The van der Waals surface area contributed by atoms with E-state index in [1.165, 1.54) is 6.07 Å². The lowest BCUT2D eigenvalue weighted by molar-refractivity contribution is 0.218. The van der Waals surface area contributed by atoms with Crippen LogP contribution in [-0.4, -0.2) is 17.5 Å². The molecule has 0 spiro atoms. The Hall–Kier alpha value is -1.91. The van der Waals surface area contributed by atoms with Crippen molar-refractivity contribution in [3.63, 3.8) is 0 Å². The van der Waals surface area contributed by atoms with Crippen molar-refractivity contribution in [2.45, 2.75) is 32.9 Å². The molecule has 1 aromatic rings. The predicted octanol–water partition coefficient (Wildman–Crippen LogP) is 2.82. The van der Waals surface area contributed by atoms with Crippen molar-refractivity contribution in [2.24, 2.45) is 0 Å². The lowest BCUT2D eigenvalue weighted by Crippen LogP contribution is -2.31. The van der Waals surface area contributed by atoms with Gasteiger partial charge in [-0.05, 0) is 31.5 Å². The van der Waals surface area contributed by atoms with Crippen LogP contribution < -0.4 is 0 Å². The van der Waals surface area contributed by atoms with E-state index in [0.29, 0.717) is 25.6 Å². The van der Waals surface area contributed by atoms with E-state index in [0.717, 1.165) is 5.56 Å². The Labute approximate surface area is 107 Å². The summed E-state index contributed by atoms with van der Waals surface area (Å²) in [6.07, 6.45) is 0.463. The van der Waals surface area contributed by atoms with Crippen LogP contribution in [0.2, 0.25) is 0 Å². The second kappa shape index (κ2) is 6.74. The first-order valence-corrected chi connectivity index (χ1v) is 5.88. The molecule has 0 aromatic heterocycles. The van der Waals surface area contributed by atoms with Crippen molar-refractivity contribution in [1.29, 1.82) is 10.5 Å². The van der Waals surface area contributed by atoms with Crippen molar-refractivity contribution in [3.05, 3.63) is 35.1 Å². The molecular weight excluding hydrogens is 229 g/mol. The summed E-state index contributed by atoms with van der Waals surface area (Å²) in [5.41, 5.74) is 0.955. The van der Waals surface area contributed by atoms with E-state index in [1.54, 1.807) is 12.1 Å². The Morgan fingerprint density at radius 3 is 2.61 bits per heavy atom. The summed E-state index contributed by atoms with van der Waals surface area (Å²) in [7, 11) is 0. The minimum atomic E-state index is -0.491. The van der Waals surface area contributed by atoms with Crippen molar-refractivity contribution >= 4 is 0 Å². The third kappa shape index (κ3) is 3.84. The van der Waals surface area contributed by atoms with Gasteiger partial charge in [-0.1, -0.05) is 6.07 Å².